The van der Waals surface area contributed by atoms with Gasteiger partial charge in [0.1, 0.15) is 5.82 Å². The van der Waals surface area contributed by atoms with Crippen LogP contribution in [0.1, 0.15) is 24.9 Å². The summed E-state index contributed by atoms with van der Waals surface area (Å²) in [5.74, 6) is 1.54. The summed E-state index contributed by atoms with van der Waals surface area (Å²) in [4.78, 5) is 27.7. The number of thioether (sulfide) groups is 1. The lowest BCUT2D eigenvalue weighted by Crippen LogP contribution is -2.23. The summed E-state index contributed by atoms with van der Waals surface area (Å²) in [5.41, 5.74) is 0.358. The van der Waals surface area contributed by atoms with Crippen molar-refractivity contribution in [1.29, 1.82) is 0 Å². The normalized spacial score (nSPS) is 11.0. The Bertz CT molecular complexity index is 949. The van der Waals surface area contributed by atoms with Crippen LogP contribution in [0, 0.1) is 0 Å². The fourth-order valence-electron chi connectivity index (χ4n) is 2.34. The van der Waals surface area contributed by atoms with E-state index in [1.165, 1.54) is 6.07 Å². The first-order chi connectivity index (χ1) is 12.1. The molecule has 2 aromatic heterocycles. The summed E-state index contributed by atoms with van der Waals surface area (Å²) in [6.45, 7) is 2.10. The number of hydrogen-bond donors (Lipinski definition) is 2. The molecule has 25 heavy (non-hydrogen) atoms. The molecular weight excluding hydrogens is 362 g/mol. The van der Waals surface area contributed by atoms with Gasteiger partial charge in [0.25, 0.3) is 5.56 Å². The number of halogens is 1. The maximum atomic E-state index is 11.5. The number of benzene rings is 1. The van der Waals surface area contributed by atoms with E-state index in [1.807, 2.05) is 16.7 Å². The average Bonchev–Trinajstić information content (AvgIpc) is 2.95. The monoisotopic (exact) mass is 377 g/mol. The van der Waals surface area contributed by atoms with Crippen molar-refractivity contribution < 1.29 is 0 Å². The van der Waals surface area contributed by atoms with Gasteiger partial charge in [-0.1, -0.05) is 30.3 Å². The van der Waals surface area contributed by atoms with Crippen molar-refractivity contribution in [1.82, 2.24) is 24.7 Å². The first-order valence-electron chi connectivity index (χ1n) is 7.72. The van der Waals surface area contributed by atoms with Crippen LogP contribution in [-0.4, -0.2) is 30.5 Å². The number of hydrogen-bond acceptors (Lipinski definition) is 5. The smallest absolute Gasteiger partial charge is 0.311 e. The summed E-state index contributed by atoms with van der Waals surface area (Å²) in [6.07, 6.45) is 1.29. The molecule has 0 radical (unpaired) electrons. The SMILES string of the molecule is CCCSc1nnc(Cc2cc(=O)[nH]c(=O)[nH]2)n1-c1ccc(Cl)cc1. The number of H-pyrrole nitrogens is 2. The molecule has 1 aromatic carbocycles. The van der Waals surface area contributed by atoms with Crippen LogP contribution in [0.25, 0.3) is 5.69 Å². The Kier molecular flexibility index (Phi) is 5.40. The minimum Gasteiger partial charge on any atom is -0.311 e. The number of nitrogens with one attached hydrogen (secondary N) is 2. The van der Waals surface area contributed by atoms with E-state index in [-0.39, 0.29) is 6.42 Å². The van der Waals surface area contributed by atoms with E-state index in [0.717, 1.165) is 23.0 Å². The van der Waals surface area contributed by atoms with Gasteiger partial charge in [-0.2, -0.15) is 0 Å². The third-order valence-electron chi connectivity index (χ3n) is 3.39. The number of rotatable bonds is 6. The predicted molar refractivity (Wildman–Crippen MR) is 97.9 cm³/mol. The van der Waals surface area contributed by atoms with Crippen LogP contribution in [0.2, 0.25) is 5.02 Å². The van der Waals surface area contributed by atoms with Crippen molar-refractivity contribution in [2.24, 2.45) is 0 Å². The Balaban J connectivity index is 2.03. The molecule has 3 aromatic rings. The fraction of sp³-hybridized carbons (Fsp3) is 0.250. The molecule has 0 spiro atoms. The molecule has 7 nitrogen and oxygen atoms in total. The molecule has 130 valence electrons. The van der Waals surface area contributed by atoms with Crippen LogP contribution in [0.5, 0.6) is 0 Å². The molecule has 0 aliphatic carbocycles. The molecule has 0 fully saturated rings. The zero-order valence-electron chi connectivity index (χ0n) is 13.5. The summed E-state index contributed by atoms with van der Waals surface area (Å²) >= 11 is 7.58. The molecule has 0 amide bonds. The van der Waals surface area contributed by atoms with E-state index >= 15 is 0 Å². The predicted octanol–water partition coefficient (Wildman–Crippen LogP) is 2.39. The molecule has 2 N–H and O–H groups in total. The van der Waals surface area contributed by atoms with Crippen molar-refractivity contribution in [3.63, 3.8) is 0 Å². The molecule has 0 atom stereocenters. The van der Waals surface area contributed by atoms with Gasteiger partial charge in [-0.25, -0.2) is 4.79 Å². The van der Waals surface area contributed by atoms with Gasteiger partial charge in [0.05, 0.1) is 0 Å². The van der Waals surface area contributed by atoms with Crippen molar-refractivity contribution in [2.45, 2.75) is 24.9 Å². The Labute approximate surface area is 152 Å². The van der Waals surface area contributed by atoms with Crippen LogP contribution in [0.3, 0.4) is 0 Å². The molecule has 0 unspecified atom stereocenters. The van der Waals surface area contributed by atoms with Gasteiger partial charge in [0, 0.05) is 34.6 Å². The van der Waals surface area contributed by atoms with Gasteiger partial charge in [0.2, 0.25) is 0 Å². The number of aromatic nitrogens is 5. The van der Waals surface area contributed by atoms with E-state index < -0.39 is 11.2 Å². The third-order valence-corrected chi connectivity index (χ3v) is 4.77. The molecule has 3 rings (SSSR count). The van der Waals surface area contributed by atoms with Crippen molar-refractivity contribution in [3.8, 4) is 5.69 Å². The highest BCUT2D eigenvalue weighted by molar-refractivity contribution is 7.99. The lowest BCUT2D eigenvalue weighted by atomic mass is 10.2. The van der Waals surface area contributed by atoms with Crippen molar-refractivity contribution in [3.05, 3.63) is 67.7 Å². The molecule has 2 heterocycles. The lowest BCUT2D eigenvalue weighted by Gasteiger charge is -2.10. The minimum absolute atomic E-state index is 0.279. The highest BCUT2D eigenvalue weighted by Gasteiger charge is 2.15. The Morgan fingerprint density at radius 1 is 1.16 bits per heavy atom. The maximum Gasteiger partial charge on any atom is 0.325 e. The average molecular weight is 378 g/mol. The first kappa shape index (κ1) is 17.5. The lowest BCUT2D eigenvalue weighted by molar-refractivity contribution is 0.829. The van der Waals surface area contributed by atoms with Gasteiger partial charge in [-0.3, -0.25) is 14.3 Å². The second kappa shape index (κ2) is 7.71. The topological polar surface area (TPSA) is 96.4 Å². The maximum absolute atomic E-state index is 11.5. The molecule has 0 saturated carbocycles. The largest absolute Gasteiger partial charge is 0.325 e. The summed E-state index contributed by atoms with van der Waals surface area (Å²) in [7, 11) is 0. The van der Waals surface area contributed by atoms with Crippen LogP contribution in [-0.2, 0) is 6.42 Å². The zero-order valence-corrected chi connectivity index (χ0v) is 15.0. The number of nitrogens with zero attached hydrogens (tertiary/aromatic N) is 3. The molecule has 0 saturated heterocycles. The number of aromatic amines is 2. The van der Waals surface area contributed by atoms with Crippen LogP contribution < -0.4 is 11.2 Å². The Hall–Kier alpha value is -2.32. The van der Waals surface area contributed by atoms with E-state index in [4.69, 9.17) is 11.6 Å². The molecule has 9 heteroatoms. The molecule has 0 aliphatic rings. The Morgan fingerprint density at radius 2 is 1.92 bits per heavy atom. The second-order valence-electron chi connectivity index (χ2n) is 5.35. The van der Waals surface area contributed by atoms with Crippen LogP contribution >= 0.6 is 23.4 Å². The third kappa shape index (κ3) is 4.21. The summed E-state index contributed by atoms with van der Waals surface area (Å²) in [5, 5.41) is 9.90. The highest BCUT2D eigenvalue weighted by atomic mass is 35.5. The van der Waals surface area contributed by atoms with E-state index in [9.17, 15) is 9.59 Å². The van der Waals surface area contributed by atoms with Crippen molar-refractivity contribution in [2.75, 3.05) is 5.75 Å². The highest BCUT2D eigenvalue weighted by Crippen LogP contribution is 2.24. The second-order valence-corrected chi connectivity index (χ2v) is 6.85. The van der Waals surface area contributed by atoms with Gasteiger partial charge in [-0.05, 0) is 30.7 Å². The zero-order chi connectivity index (χ0) is 17.8. The van der Waals surface area contributed by atoms with Gasteiger partial charge in [0.15, 0.2) is 5.16 Å². The van der Waals surface area contributed by atoms with Gasteiger partial charge >= 0.3 is 5.69 Å². The standard InChI is InChI=1S/C16H16ClN5O2S/c1-2-7-25-16-21-20-13(8-11-9-14(23)19-15(24)18-11)22(16)12-5-3-10(17)4-6-12/h3-6,9H,2,7-8H2,1H3,(H2,18,19,23,24). The minimum atomic E-state index is -0.541. The van der Waals surface area contributed by atoms with Crippen molar-refractivity contribution >= 4 is 23.4 Å². The molecule has 0 aliphatic heterocycles. The van der Waals surface area contributed by atoms with E-state index in [2.05, 4.69) is 27.1 Å². The van der Waals surface area contributed by atoms with Crippen LogP contribution in [0.4, 0.5) is 0 Å². The molecule has 0 bridgehead atoms. The van der Waals surface area contributed by atoms with Gasteiger partial charge in [-0.15, -0.1) is 10.2 Å². The van der Waals surface area contributed by atoms with E-state index in [0.29, 0.717) is 16.5 Å². The van der Waals surface area contributed by atoms with E-state index in [1.54, 1.807) is 23.9 Å². The quantitative estimate of drug-likeness (QED) is 0.643. The van der Waals surface area contributed by atoms with Crippen LogP contribution in [0.15, 0.2) is 45.1 Å². The summed E-state index contributed by atoms with van der Waals surface area (Å²) in [6, 6.07) is 8.70. The molecular formula is C16H16ClN5O2S. The Morgan fingerprint density at radius 3 is 2.60 bits per heavy atom. The fourth-order valence-corrected chi connectivity index (χ4v) is 3.29. The van der Waals surface area contributed by atoms with Gasteiger partial charge < -0.3 is 4.98 Å². The summed E-state index contributed by atoms with van der Waals surface area (Å²) < 4.78 is 1.91. The first-order valence-corrected chi connectivity index (χ1v) is 9.08.